The molecule has 0 heterocycles. The first-order valence-electron chi connectivity index (χ1n) is 3.34. The van der Waals surface area contributed by atoms with E-state index in [0.717, 1.165) is 6.04 Å². The molecule has 0 saturated carbocycles. The standard InChI is InChI=1S/C6H16O3Si/c1-5-10(8-3,9-4)6-7-2/h5-6H2,1-4H3. The van der Waals surface area contributed by atoms with Crippen LogP contribution in [-0.2, 0) is 13.6 Å². The third kappa shape index (κ3) is 2.38. The third-order valence-corrected chi connectivity index (χ3v) is 4.94. The van der Waals surface area contributed by atoms with E-state index < -0.39 is 8.56 Å². The Balaban J connectivity index is 3.87. The number of hydrogen-bond acceptors (Lipinski definition) is 3. The van der Waals surface area contributed by atoms with Gasteiger partial charge in [-0.15, -0.1) is 0 Å². The van der Waals surface area contributed by atoms with Crippen LogP contribution in [0.25, 0.3) is 0 Å². The predicted molar refractivity (Wildman–Crippen MR) is 42.1 cm³/mol. The van der Waals surface area contributed by atoms with Crippen LogP contribution in [0.2, 0.25) is 6.04 Å². The highest BCUT2D eigenvalue weighted by Gasteiger charge is 2.33. The summed E-state index contributed by atoms with van der Waals surface area (Å²) in [6, 6.07) is 0.924. The van der Waals surface area contributed by atoms with Gasteiger partial charge < -0.3 is 13.6 Å². The molecule has 4 heteroatoms. The highest BCUT2D eigenvalue weighted by molar-refractivity contribution is 6.67. The molecular formula is C6H16O3Si. The molecule has 0 rings (SSSR count). The zero-order valence-electron chi connectivity index (χ0n) is 7.14. The summed E-state index contributed by atoms with van der Waals surface area (Å²) in [4.78, 5) is 0. The van der Waals surface area contributed by atoms with Gasteiger partial charge in [-0.2, -0.15) is 0 Å². The fourth-order valence-corrected chi connectivity index (χ4v) is 2.44. The Kier molecular flexibility index (Phi) is 4.89. The van der Waals surface area contributed by atoms with Gasteiger partial charge >= 0.3 is 8.56 Å². The monoisotopic (exact) mass is 164 g/mol. The zero-order chi connectivity index (χ0) is 8.04. The van der Waals surface area contributed by atoms with Gasteiger partial charge in [0.05, 0.1) is 6.23 Å². The lowest BCUT2D eigenvalue weighted by atomic mass is 11.0. The maximum absolute atomic E-state index is 5.27. The number of rotatable bonds is 5. The molecular weight excluding hydrogens is 148 g/mol. The van der Waals surface area contributed by atoms with Crippen molar-refractivity contribution in [3.8, 4) is 0 Å². The topological polar surface area (TPSA) is 27.7 Å². The molecule has 0 aliphatic rings. The lowest BCUT2D eigenvalue weighted by Gasteiger charge is -2.24. The molecule has 0 N–H and O–H groups in total. The summed E-state index contributed by atoms with van der Waals surface area (Å²) < 4.78 is 15.5. The average Bonchev–Trinajstić information content (AvgIpc) is 2.01. The minimum absolute atomic E-state index is 0.608. The molecule has 0 aromatic carbocycles. The molecule has 0 aliphatic carbocycles. The van der Waals surface area contributed by atoms with E-state index in [2.05, 4.69) is 6.92 Å². The van der Waals surface area contributed by atoms with Crippen molar-refractivity contribution in [3.05, 3.63) is 0 Å². The maximum Gasteiger partial charge on any atom is 0.363 e. The summed E-state index contributed by atoms with van der Waals surface area (Å²) in [6.07, 6.45) is 0.608. The zero-order valence-corrected chi connectivity index (χ0v) is 8.14. The average molecular weight is 164 g/mol. The van der Waals surface area contributed by atoms with Gasteiger partial charge in [-0.05, 0) is 6.04 Å². The third-order valence-electron chi connectivity index (χ3n) is 1.65. The largest absolute Gasteiger partial charge is 0.396 e. The first kappa shape index (κ1) is 10.1. The first-order valence-corrected chi connectivity index (χ1v) is 5.57. The van der Waals surface area contributed by atoms with Crippen molar-refractivity contribution >= 4 is 8.56 Å². The van der Waals surface area contributed by atoms with Gasteiger partial charge in [-0.25, -0.2) is 0 Å². The summed E-state index contributed by atoms with van der Waals surface area (Å²) in [5.74, 6) is 0. The van der Waals surface area contributed by atoms with Crippen molar-refractivity contribution in [2.24, 2.45) is 0 Å². The molecule has 0 saturated heterocycles. The summed E-state index contributed by atoms with van der Waals surface area (Å²) >= 11 is 0. The number of methoxy groups -OCH3 is 1. The molecule has 0 spiro atoms. The van der Waals surface area contributed by atoms with E-state index in [1.54, 1.807) is 21.3 Å². The summed E-state index contributed by atoms with van der Waals surface area (Å²) in [7, 11) is 3.08. The molecule has 0 unspecified atom stereocenters. The fraction of sp³-hybridized carbons (Fsp3) is 1.00. The lowest BCUT2D eigenvalue weighted by molar-refractivity contribution is 0.164. The summed E-state index contributed by atoms with van der Waals surface area (Å²) in [5.41, 5.74) is 0. The Bertz CT molecular complexity index is 74.8. The Labute approximate surface area is 63.5 Å². The highest BCUT2D eigenvalue weighted by Crippen LogP contribution is 2.10. The van der Waals surface area contributed by atoms with Crippen LogP contribution in [0.15, 0.2) is 0 Å². The van der Waals surface area contributed by atoms with Crippen molar-refractivity contribution in [2.45, 2.75) is 13.0 Å². The van der Waals surface area contributed by atoms with E-state index in [9.17, 15) is 0 Å². The Morgan fingerprint density at radius 1 is 1.10 bits per heavy atom. The number of hydrogen-bond donors (Lipinski definition) is 0. The second kappa shape index (κ2) is 4.84. The van der Waals surface area contributed by atoms with Crippen LogP contribution in [0.5, 0.6) is 0 Å². The number of ether oxygens (including phenoxy) is 1. The Morgan fingerprint density at radius 3 is 1.70 bits per heavy atom. The predicted octanol–water partition coefficient (Wildman–Crippen LogP) is 0.927. The van der Waals surface area contributed by atoms with Gasteiger partial charge in [0, 0.05) is 21.3 Å². The molecule has 0 atom stereocenters. The molecule has 0 amide bonds. The Hall–Kier alpha value is 0.0969. The fourth-order valence-electron chi connectivity index (χ4n) is 0.812. The molecule has 0 aromatic heterocycles. The summed E-state index contributed by atoms with van der Waals surface area (Å²) in [5, 5.41) is 0. The smallest absolute Gasteiger partial charge is 0.363 e. The van der Waals surface area contributed by atoms with Crippen molar-refractivity contribution in [1.29, 1.82) is 0 Å². The van der Waals surface area contributed by atoms with E-state index in [1.165, 1.54) is 0 Å². The Morgan fingerprint density at radius 2 is 1.60 bits per heavy atom. The van der Waals surface area contributed by atoms with Crippen LogP contribution in [0, 0.1) is 0 Å². The molecule has 0 radical (unpaired) electrons. The lowest BCUT2D eigenvalue weighted by Crippen LogP contribution is -2.44. The van der Waals surface area contributed by atoms with Crippen molar-refractivity contribution < 1.29 is 13.6 Å². The van der Waals surface area contributed by atoms with E-state index in [0.29, 0.717) is 6.23 Å². The van der Waals surface area contributed by atoms with Crippen LogP contribution >= 0.6 is 0 Å². The van der Waals surface area contributed by atoms with Crippen LogP contribution < -0.4 is 0 Å². The highest BCUT2D eigenvalue weighted by atomic mass is 28.4. The van der Waals surface area contributed by atoms with Crippen molar-refractivity contribution in [2.75, 3.05) is 27.6 Å². The van der Waals surface area contributed by atoms with Gasteiger partial charge in [-0.3, -0.25) is 0 Å². The van der Waals surface area contributed by atoms with Crippen LogP contribution in [0.4, 0.5) is 0 Å². The van der Waals surface area contributed by atoms with E-state index in [1.807, 2.05) is 0 Å². The normalized spacial score (nSPS) is 12.0. The van der Waals surface area contributed by atoms with Crippen molar-refractivity contribution in [3.63, 3.8) is 0 Å². The SMILES string of the molecule is CC[Si](COC)(OC)OC. The van der Waals surface area contributed by atoms with Gasteiger partial charge in [0.25, 0.3) is 0 Å². The van der Waals surface area contributed by atoms with Gasteiger partial charge in [0.1, 0.15) is 0 Å². The van der Waals surface area contributed by atoms with E-state index in [4.69, 9.17) is 13.6 Å². The second-order valence-corrected chi connectivity index (χ2v) is 5.74. The minimum atomic E-state index is -1.94. The molecule has 0 aliphatic heterocycles. The van der Waals surface area contributed by atoms with E-state index >= 15 is 0 Å². The molecule has 0 fully saturated rings. The van der Waals surface area contributed by atoms with Crippen LogP contribution in [0.1, 0.15) is 6.92 Å². The first-order chi connectivity index (χ1) is 4.74. The van der Waals surface area contributed by atoms with Gasteiger partial charge in [0.15, 0.2) is 0 Å². The molecule has 3 nitrogen and oxygen atoms in total. The molecule has 0 bridgehead atoms. The maximum atomic E-state index is 5.27. The van der Waals surface area contributed by atoms with Gasteiger partial charge in [0.2, 0.25) is 0 Å². The van der Waals surface area contributed by atoms with E-state index in [-0.39, 0.29) is 0 Å². The summed E-state index contributed by atoms with van der Waals surface area (Å²) in [6.45, 7) is 2.05. The second-order valence-electron chi connectivity index (χ2n) is 2.11. The van der Waals surface area contributed by atoms with Gasteiger partial charge in [-0.1, -0.05) is 6.92 Å². The van der Waals surface area contributed by atoms with Crippen LogP contribution in [-0.4, -0.2) is 36.1 Å². The van der Waals surface area contributed by atoms with Crippen LogP contribution in [0.3, 0.4) is 0 Å². The molecule has 10 heavy (non-hydrogen) atoms. The molecule has 62 valence electrons. The quantitative estimate of drug-likeness (QED) is 0.566. The van der Waals surface area contributed by atoms with Crippen molar-refractivity contribution in [1.82, 2.24) is 0 Å². The molecule has 0 aromatic rings. The minimum Gasteiger partial charge on any atom is -0.396 e.